The van der Waals surface area contributed by atoms with Gasteiger partial charge in [-0.2, -0.15) is 0 Å². The summed E-state index contributed by atoms with van der Waals surface area (Å²) in [5.74, 6) is 0.483. The fourth-order valence-corrected chi connectivity index (χ4v) is 3.43. The predicted octanol–water partition coefficient (Wildman–Crippen LogP) is 2.63. The third kappa shape index (κ3) is 3.50. The van der Waals surface area contributed by atoms with Crippen molar-refractivity contribution in [1.29, 1.82) is 0 Å². The normalized spacial score (nSPS) is 14.5. The van der Waals surface area contributed by atoms with E-state index in [9.17, 15) is 4.79 Å². The molecule has 3 N–H and O–H groups in total. The van der Waals surface area contributed by atoms with E-state index in [1.165, 1.54) is 11.3 Å². The molecule has 5 nitrogen and oxygen atoms in total. The largest absolute Gasteiger partial charge is 0.486 e. The van der Waals surface area contributed by atoms with Gasteiger partial charge in [-0.15, -0.1) is 17.9 Å². The highest BCUT2D eigenvalue weighted by molar-refractivity contribution is 7.19. The average Bonchev–Trinajstić information content (AvgIpc) is 3.05. The number of hydrogen-bond donors (Lipinski definition) is 2. The quantitative estimate of drug-likeness (QED) is 0.793. The van der Waals surface area contributed by atoms with Gasteiger partial charge in [0.05, 0.1) is 6.10 Å². The number of thiophene rings is 1. The van der Waals surface area contributed by atoms with Crippen LogP contribution in [0.1, 0.15) is 36.4 Å². The Hall–Kier alpha value is -1.69. The minimum absolute atomic E-state index is 0.0207. The molecule has 1 aliphatic rings. The second-order valence-electron chi connectivity index (χ2n) is 5.34. The summed E-state index contributed by atoms with van der Waals surface area (Å²) in [6.07, 6.45) is 4.00. The van der Waals surface area contributed by atoms with Crippen LogP contribution in [0.15, 0.2) is 12.7 Å². The van der Waals surface area contributed by atoms with Gasteiger partial charge in [-0.1, -0.05) is 6.08 Å². The SMILES string of the molecule is C=CCNC(=O)c1sc(N2CCCC2)c(OC(C)C)c1N. The van der Waals surface area contributed by atoms with Gasteiger partial charge in [-0.25, -0.2) is 0 Å². The third-order valence-corrected chi connectivity index (χ3v) is 4.49. The van der Waals surface area contributed by atoms with Crippen LogP contribution >= 0.6 is 11.3 Å². The summed E-state index contributed by atoms with van der Waals surface area (Å²) >= 11 is 1.41. The zero-order chi connectivity index (χ0) is 15.4. The fraction of sp³-hybridized carbons (Fsp3) is 0.533. The molecule has 0 unspecified atom stereocenters. The number of carbonyl (C=O) groups is 1. The summed E-state index contributed by atoms with van der Waals surface area (Å²) in [6, 6.07) is 0. The fourth-order valence-electron chi connectivity index (χ4n) is 2.31. The molecule has 1 aromatic heterocycles. The Kier molecular flexibility index (Phi) is 5.12. The summed E-state index contributed by atoms with van der Waals surface area (Å²) < 4.78 is 5.87. The lowest BCUT2D eigenvalue weighted by Crippen LogP contribution is -2.23. The van der Waals surface area contributed by atoms with E-state index in [-0.39, 0.29) is 12.0 Å². The lowest BCUT2D eigenvalue weighted by molar-refractivity contribution is 0.0962. The first-order valence-electron chi connectivity index (χ1n) is 7.27. The molecule has 6 heteroatoms. The topological polar surface area (TPSA) is 67.6 Å². The van der Waals surface area contributed by atoms with E-state index in [2.05, 4.69) is 16.8 Å². The Balaban J connectivity index is 2.33. The number of nitrogens with two attached hydrogens (primary N) is 1. The van der Waals surface area contributed by atoms with E-state index in [0.717, 1.165) is 30.9 Å². The Morgan fingerprint density at radius 2 is 2.19 bits per heavy atom. The first-order valence-corrected chi connectivity index (χ1v) is 8.09. The van der Waals surface area contributed by atoms with Crippen molar-refractivity contribution in [2.24, 2.45) is 0 Å². The Morgan fingerprint density at radius 3 is 2.76 bits per heavy atom. The van der Waals surface area contributed by atoms with Gasteiger partial charge in [-0.3, -0.25) is 4.79 Å². The molecule has 0 saturated carbocycles. The standard InChI is InChI=1S/C15H23N3O2S/c1-4-7-17-14(19)13-11(16)12(20-10(2)3)15(21-13)18-8-5-6-9-18/h4,10H,1,5-9,16H2,2-3H3,(H,17,19). The number of carbonyl (C=O) groups excluding carboxylic acids is 1. The van der Waals surface area contributed by atoms with Gasteiger partial charge in [0.2, 0.25) is 0 Å². The molecule has 1 aliphatic heterocycles. The number of amides is 1. The molecule has 2 rings (SSSR count). The van der Waals surface area contributed by atoms with Crippen LogP contribution in [-0.4, -0.2) is 31.6 Å². The molecule has 1 fully saturated rings. The molecule has 1 amide bonds. The number of nitrogens with zero attached hydrogens (tertiary/aromatic N) is 1. The molecule has 0 bridgehead atoms. The molecular weight excluding hydrogens is 286 g/mol. The zero-order valence-electron chi connectivity index (χ0n) is 12.6. The van der Waals surface area contributed by atoms with Crippen molar-refractivity contribution in [3.8, 4) is 5.75 Å². The van der Waals surface area contributed by atoms with Crippen LogP contribution in [0.25, 0.3) is 0 Å². The first kappa shape index (κ1) is 15.7. The lowest BCUT2D eigenvalue weighted by Gasteiger charge is -2.19. The number of ether oxygens (including phenoxy) is 1. The third-order valence-electron chi connectivity index (χ3n) is 3.24. The van der Waals surface area contributed by atoms with Crippen molar-refractivity contribution < 1.29 is 9.53 Å². The van der Waals surface area contributed by atoms with Crippen LogP contribution in [-0.2, 0) is 0 Å². The van der Waals surface area contributed by atoms with E-state index in [1.54, 1.807) is 6.08 Å². The van der Waals surface area contributed by atoms with E-state index < -0.39 is 0 Å². The summed E-state index contributed by atoms with van der Waals surface area (Å²) in [6.45, 7) is 9.92. The van der Waals surface area contributed by atoms with Crippen molar-refractivity contribution in [3.63, 3.8) is 0 Å². The summed E-state index contributed by atoms with van der Waals surface area (Å²) in [5.41, 5.74) is 6.61. The van der Waals surface area contributed by atoms with Crippen LogP contribution in [0.3, 0.4) is 0 Å². The zero-order valence-corrected chi connectivity index (χ0v) is 13.5. The number of hydrogen-bond acceptors (Lipinski definition) is 5. The van der Waals surface area contributed by atoms with Crippen LogP contribution < -0.4 is 20.7 Å². The summed E-state index contributed by atoms with van der Waals surface area (Å²) in [4.78, 5) is 15.0. The Bertz CT molecular complexity index is 519. The number of nitrogen functional groups attached to an aromatic ring is 1. The smallest absolute Gasteiger partial charge is 0.263 e. The molecule has 1 aromatic rings. The van der Waals surface area contributed by atoms with Crippen molar-refractivity contribution in [2.45, 2.75) is 32.8 Å². The van der Waals surface area contributed by atoms with Crippen molar-refractivity contribution in [3.05, 3.63) is 17.5 Å². The number of anilines is 2. The maximum absolute atomic E-state index is 12.2. The minimum Gasteiger partial charge on any atom is -0.486 e. The highest BCUT2D eigenvalue weighted by atomic mass is 32.1. The number of nitrogens with one attached hydrogen (secondary N) is 1. The van der Waals surface area contributed by atoms with Crippen LogP contribution in [0, 0.1) is 0 Å². The van der Waals surface area contributed by atoms with Gasteiger partial charge < -0.3 is 20.7 Å². The predicted molar refractivity (Wildman–Crippen MR) is 88.5 cm³/mol. The molecule has 0 spiro atoms. The first-order chi connectivity index (χ1) is 10.0. The van der Waals surface area contributed by atoms with Crippen LogP contribution in [0.2, 0.25) is 0 Å². The van der Waals surface area contributed by atoms with Gasteiger partial charge in [0.1, 0.15) is 15.6 Å². The van der Waals surface area contributed by atoms with Gasteiger partial charge >= 0.3 is 0 Å². The molecule has 0 aliphatic carbocycles. The second-order valence-corrected chi connectivity index (χ2v) is 6.34. The average molecular weight is 309 g/mol. The van der Waals surface area contributed by atoms with Gasteiger partial charge in [0.25, 0.3) is 5.91 Å². The van der Waals surface area contributed by atoms with Crippen LogP contribution in [0.4, 0.5) is 10.7 Å². The van der Waals surface area contributed by atoms with Gasteiger partial charge in [0.15, 0.2) is 5.75 Å². The highest BCUT2D eigenvalue weighted by Crippen LogP contribution is 2.46. The monoisotopic (exact) mass is 309 g/mol. The number of rotatable bonds is 6. The maximum atomic E-state index is 12.2. The van der Waals surface area contributed by atoms with Crippen LogP contribution in [0.5, 0.6) is 5.75 Å². The molecular formula is C15H23N3O2S. The Labute approximate surface area is 129 Å². The molecule has 2 heterocycles. The molecule has 1 saturated heterocycles. The highest BCUT2D eigenvalue weighted by Gasteiger charge is 2.27. The molecule has 116 valence electrons. The van der Waals surface area contributed by atoms with E-state index >= 15 is 0 Å². The van der Waals surface area contributed by atoms with Crippen molar-refractivity contribution in [2.75, 3.05) is 30.3 Å². The maximum Gasteiger partial charge on any atom is 0.263 e. The molecule has 0 radical (unpaired) electrons. The summed E-state index contributed by atoms with van der Waals surface area (Å²) in [5, 5.41) is 3.75. The van der Waals surface area contributed by atoms with Crippen molar-refractivity contribution in [1.82, 2.24) is 5.32 Å². The van der Waals surface area contributed by atoms with Gasteiger partial charge in [0, 0.05) is 19.6 Å². The van der Waals surface area contributed by atoms with Crippen molar-refractivity contribution >= 4 is 27.9 Å². The van der Waals surface area contributed by atoms with E-state index in [1.807, 2.05) is 13.8 Å². The lowest BCUT2D eigenvalue weighted by atomic mass is 10.3. The van der Waals surface area contributed by atoms with E-state index in [4.69, 9.17) is 10.5 Å². The molecule has 0 atom stereocenters. The molecule has 21 heavy (non-hydrogen) atoms. The summed E-state index contributed by atoms with van der Waals surface area (Å²) in [7, 11) is 0. The second kappa shape index (κ2) is 6.85. The van der Waals surface area contributed by atoms with Gasteiger partial charge in [-0.05, 0) is 26.7 Å². The van der Waals surface area contributed by atoms with E-state index in [0.29, 0.717) is 22.9 Å². The minimum atomic E-state index is -0.170. The Morgan fingerprint density at radius 1 is 1.52 bits per heavy atom. The molecule has 0 aromatic carbocycles.